The van der Waals surface area contributed by atoms with E-state index in [-0.39, 0.29) is 5.91 Å². The number of hydrogen-bond donors (Lipinski definition) is 2. The van der Waals surface area contributed by atoms with E-state index in [4.69, 9.17) is 5.73 Å². The van der Waals surface area contributed by atoms with Crippen LogP contribution in [0.4, 0.5) is 5.69 Å². The Morgan fingerprint density at radius 2 is 1.65 bits per heavy atom. The lowest BCUT2D eigenvalue weighted by atomic mass is 10.0. The zero-order valence-corrected chi connectivity index (χ0v) is 11.9. The average molecular weight is 268 g/mol. The van der Waals surface area contributed by atoms with Crippen LogP contribution in [0.15, 0.2) is 48.5 Å². The summed E-state index contributed by atoms with van der Waals surface area (Å²) in [5.41, 5.74) is 9.26. The molecule has 0 aromatic heterocycles. The van der Waals surface area contributed by atoms with E-state index in [1.807, 2.05) is 36.4 Å². The van der Waals surface area contributed by atoms with Crippen LogP contribution in [0.25, 0.3) is 0 Å². The monoisotopic (exact) mass is 268 g/mol. The summed E-state index contributed by atoms with van der Waals surface area (Å²) >= 11 is 0. The summed E-state index contributed by atoms with van der Waals surface area (Å²) in [4.78, 5) is 12.1. The average Bonchev–Trinajstić information content (AvgIpc) is 2.48. The molecule has 0 heterocycles. The molecule has 0 spiro atoms. The second kappa shape index (κ2) is 6.35. The SMILES string of the molecule is CC(C)c1ccc(NC(=O)c2ccc(CN)cc2)cc1. The molecule has 3 N–H and O–H groups in total. The minimum atomic E-state index is -0.106. The lowest BCUT2D eigenvalue weighted by Crippen LogP contribution is -2.12. The molecular weight excluding hydrogens is 248 g/mol. The van der Waals surface area contributed by atoms with Gasteiger partial charge in [0.1, 0.15) is 0 Å². The number of hydrogen-bond acceptors (Lipinski definition) is 2. The van der Waals surface area contributed by atoms with E-state index in [1.165, 1.54) is 5.56 Å². The predicted octanol–water partition coefficient (Wildman–Crippen LogP) is 3.52. The van der Waals surface area contributed by atoms with Crippen molar-refractivity contribution in [3.05, 3.63) is 65.2 Å². The highest BCUT2D eigenvalue weighted by atomic mass is 16.1. The van der Waals surface area contributed by atoms with E-state index < -0.39 is 0 Å². The molecule has 2 aromatic rings. The molecule has 0 saturated heterocycles. The smallest absolute Gasteiger partial charge is 0.255 e. The van der Waals surface area contributed by atoms with E-state index >= 15 is 0 Å². The van der Waals surface area contributed by atoms with Gasteiger partial charge in [0.25, 0.3) is 5.91 Å². The maximum Gasteiger partial charge on any atom is 0.255 e. The number of carbonyl (C=O) groups excluding carboxylic acids is 1. The highest BCUT2D eigenvalue weighted by Crippen LogP contribution is 2.17. The van der Waals surface area contributed by atoms with Crippen molar-refractivity contribution in [3.63, 3.8) is 0 Å². The number of rotatable bonds is 4. The number of nitrogens with one attached hydrogen (secondary N) is 1. The molecule has 0 fully saturated rings. The summed E-state index contributed by atoms with van der Waals surface area (Å²) in [5.74, 6) is 0.384. The van der Waals surface area contributed by atoms with Crippen LogP contribution in [0.5, 0.6) is 0 Å². The van der Waals surface area contributed by atoms with Crippen molar-refractivity contribution < 1.29 is 4.79 Å². The summed E-state index contributed by atoms with van der Waals surface area (Å²) in [6.45, 7) is 4.78. The summed E-state index contributed by atoms with van der Waals surface area (Å²) < 4.78 is 0. The van der Waals surface area contributed by atoms with E-state index in [0.29, 0.717) is 18.0 Å². The van der Waals surface area contributed by atoms with Gasteiger partial charge in [-0.15, -0.1) is 0 Å². The summed E-state index contributed by atoms with van der Waals surface area (Å²) in [6, 6.07) is 15.3. The standard InChI is InChI=1S/C17H20N2O/c1-12(2)14-7-9-16(10-8-14)19-17(20)15-5-3-13(11-18)4-6-15/h3-10,12H,11,18H2,1-2H3,(H,19,20). The Bertz CT molecular complexity index is 571. The van der Waals surface area contributed by atoms with Crippen molar-refractivity contribution in [3.8, 4) is 0 Å². The van der Waals surface area contributed by atoms with Gasteiger partial charge in [0, 0.05) is 17.8 Å². The Hall–Kier alpha value is -2.13. The third-order valence-corrected chi connectivity index (χ3v) is 3.29. The lowest BCUT2D eigenvalue weighted by molar-refractivity contribution is 0.102. The minimum Gasteiger partial charge on any atom is -0.326 e. The normalized spacial score (nSPS) is 10.6. The van der Waals surface area contributed by atoms with Crippen molar-refractivity contribution in [2.24, 2.45) is 5.73 Å². The summed E-state index contributed by atoms with van der Waals surface area (Å²) in [5, 5.41) is 2.89. The van der Waals surface area contributed by atoms with Crippen LogP contribution >= 0.6 is 0 Å². The molecule has 0 atom stereocenters. The highest BCUT2D eigenvalue weighted by molar-refractivity contribution is 6.04. The largest absolute Gasteiger partial charge is 0.326 e. The van der Waals surface area contributed by atoms with Crippen LogP contribution in [0.1, 0.15) is 41.3 Å². The van der Waals surface area contributed by atoms with Gasteiger partial charge < -0.3 is 11.1 Å². The van der Waals surface area contributed by atoms with Gasteiger partial charge in [0.05, 0.1) is 0 Å². The zero-order valence-electron chi connectivity index (χ0n) is 11.9. The molecule has 1 amide bonds. The van der Waals surface area contributed by atoms with Gasteiger partial charge in [0.2, 0.25) is 0 Å². The van der Waals surface area contributed by atoms with Crippen LogP contribution in [0.2, 0.25) is 0 Å². The number of benzene rings is 2. The third kappa shape index (κ3) is 3.45. The van der Waals surface area contributed by atoms with Gasteiger partial charge >= 0.3 is 0 Å². The van der Waals surface area contributed by atoms with Crippen LogP contribution < -0.4 is 11.1 Å². The van der Waals surface area contributed by atoms with Gasteiger partial charge in [-0.1, -0.05) is 38.1 Å². The summed E-state index contributed by atoms with van der Waals surface area (Å²) in [6.07, 6.45) is 0. The molecule has 104 valence electrons. The first kappa shape index (κ1) is 14.3. The number of nitrogens with two attached hydrogens (primary N) is 1. The Morgan fingerprint density at radius 1 is 1.05 bits per heavy atom. The van der Waals surface area contributed by atoms with Crippen LogP contribution in [0, 0.1) is 0 Å². The molecule has 3 nitrogen and oxygen atoms in total. The topological polar surface area (TPSA) is 55.1 Å². The zero-order chi connectivity index (χ0) is 14.5. The number of amides is 1. The second-order valence-electron chi connectivity index (χ2n) is 5.13. The quantitative estimate of drug-likeness (QED) is 0.891. The second-order valence-corrected chi connectivity index (χ2v) is 5.13. The van der Waals surface area contributed by atoms with E-state index in [1.54, 1.807) is 12.1 Å². The minimum absolute atomic E-state index is 0.106. The van der Waals surface area contributed by atoms with Crippen LogP contribution in [0.3, 0.4) is 0 Å². The first-order chi connectivity index (χ1) is 9.60. The van der Waals surface area contributed by atoms with Crippen molar-refractivity contribution in [2.45, 2.75) is 26.3 Å². The Kier molecular flexibility index (Phi) is 4.53. The highest BCUT2D eigenvalue weighted by Gasteiger charge is 2.06. The van der Waals surface area contributed by atoms with E-state index in [2.05, 4.69) is 19.2 Å². The molecule has 2 rings (SSSR count). The molecule has 0 bridgehead atoms. The Balaban J connectivity index is 2.06. The van der Waals surface area contributed by atoms with Gasteiger partial charge in [-0.2, -0.15) is 0 Å². The molecule has 20 heavy (non-hydrogen) atoms. The van der Waals surface area contributed by atoms with Crippen LogP contribution in [-0.4, -0.2) is 5.91 Å². The fraction of sp³-hybridized carbons (Fsp3) is 0.235. The molecule has 0 aliphatic carbocycles. The molecular formula is C17H20N2O. The Labute approximate surface area is 119 Å². The van der Waals surface area contributed by atoms with Crippen molar-refractivity contribution >= 4 is 11.6 Å². The van der Waals surface area contributed by atoms with Gasteiger partial charge in [-0.25, -0.2) is 0 Å². The molecule has 0 radical (unpaired) electrons. The maximum atomic E-state index is 12.1. The molecule has 2 aromatic carbocycles. The van der Waals surface area contributed by atoms with Crippen molar-refractivity contribution in [1.29, 1.82) is 0 Å². The fourth-order valence-corrected chi connectivity index (χ4v) is 1.95. The van der Waals surface area contributed by atoms with Crippen molar-refractivity contribution in [2.75, 3.05) is 5.32 Å². The molecule has 0 unspecified atom stereocenters. The third-order valence-electron chi connectivity index (χ3n) is 3.29. The molecule has 0 aliphatic heterocycles. The lowest BCUT2D eigenvalue weighted by Gasteiger charge is -2.08. The van der Waals surface area contributed by atoms with E-state index in [0.717, 1.165) is 11.3 Å². The van der Waals surface area contributed by atoms with E-state index in [9.17, 15) is 4.79 Å². The van der Waals surface area contributed by atoms with Gasteiger partial charge in [0.15, 0.2) is 0 Å². The predicted molar refractivity (Wildman–Crippen MR) is 82.8 cm³/mol. The van der Waals surface area contributed by atoms with Gasteiger partial charge in [-0.3, -0.25) is 4.79 Å². The van der Waals surface area contributed by atoms with Gasteiger partial charge in [-0.05, 0) is 41.3 Å². The first-order valence-corrected chi connectivity index (χ1v) is 6.80. The molecule has 3 heteroatoms. The van der Waals surface area contributed by atoms with Crippen LogP contribution in [-0.2, 0) is 6.54 Å². The molecule has 0 aliphatic rings. The fourth-order valence-electron chi connectivity index (χ4n) is 1.95. The molecule has 0 saturated carbocycles. The maximum absolute atomic E-state index is 12.1. The van der Waals surface area contributed by atoms with Crippen molar-refractivity contribution in [1.82, 2.24) is 0 Å². The summed E-state index contributed by atoms with van der Waals surface area (Å²) in [7, 11) is 0. The number of carbonyl (C=O) groups is 1. The number of anilines is 1. The first-order valence-electron chi connectivity index (χ1n) is 6.80. The Morgan fingerprint density at radius 3 is 2.15 bits per heavy atom.